The molecule has 0 fully saturated rings. The van der Waals surface area contributed by atoms with Crippen molar-refractivity contribution in [1.82, 2.24) is 0 Å². The zero-order chi connectivity index (χ0) is 16.8. The van der Waals surface area contributed by atoms with Gasteiger partial charge in [-0.05, 0) is 74.7 Å². The fourth-order valence-corrected chi connectivity index (χ4v) is 2.96. The van der Waals surface area contributed by atoms with E-state index < -0.39 is 5.41 Å². The van der Waals surface area contributed by atoms with E-state index in [4.69, 9.17) is 0 Å². The first-order chi connectivity index (χ1) is 10.8. The van der Waals surface area contributed by atoms with Gasteiger partial charge in [0.2, 0.25) is 5.91 Å². The molecule has 3 rings (SSSR count). The van der Waals surface area contributed by atoms with Crippen molar-refractivity contribution in [2.75, 3.05) is 10.6 Å². The predicted octanol–water partition coefficient (Wildman–Crippen LogP) is 4.57. The second-order valence-corrected chi connectivity index (χ2v) is 6.78. The molecule has 120 valence electrons. The fourth-order valence-electron chi connectivity index (χ4n) is 2.96. The molecule has 1 aliphatic heterocycles. The highest BCUT2D eigenvalue weighted by atomic mass is 19.1. The summed E-state index contributed by atoms with van der Waals surface area (Å²) in [5, 5.41) is 6.41. The molecule has 2 aromatic rings. The van der Waals surface area contributed by atoms with E-state index in [0.29, 0.717) is 0 Å². The number of fused-ring (bicyclic) bond motifs is 1. The average molecular weight is 312 g/mol. The molecule has 0 aliphatic carbocycles. The van der Waals surface area contributed by atoms with Crippen LogP contribution in [0.25, 0.3) is 0 Å². The second kappa shape index (κ2) is 5.37. The Morgan fingerprint density at radius 2 is 1.70 bits per heavy atom. The van der Waals surface area contributed by atoms with Crippen LogP contribution < -0.4 is 10.6 Å². The molecular formula is C19H21FN2O. The summed E-state index contributed by atoms with van der Waals surface area (Å²) in [4.78, 5) is 12.5. The summed E-state index contributed by atoms with van der Waals surface area (Å²) in [5.74, 6) is -0.295. The average Bonchev–Trinajstić information content (AvgIpc) is 2.49. The lowest BCUT2D eigenvalue weighted by Gasteiger charge is -2.40. The molecule has 0 spiro atoms. The van der Waals surface area contributed by atoms with Crippen LogP contribution >= 0.6 is 0 Å². The van der Waals surface area contributed by atoms with Gasteiger partial charge in [-0.15, -0.1) is 0 Å². The highest BCUT2D eigenvalue weighted by molar-refractivity contribution is 5.99. The lowest BCUT2D eigenvalue weighted by molar-refractivity contribution is -0.125. The number of carbonyl (C=O) groups excluding carboxylic acids is 1. The van der Waals surface area contributed by atoms with Gasteiger partial charge in [0.1, 0.15) is 5.82 Å². The monoisotopic (exact) mass is 312 g/mol. The van der Waals surface area contributed by atoms with E-state index in [-0.39, 0.29) is 17.8 Å². The van der Waals surface area contributed by atoms with Crippen molar-refractivity contribution in [2.45, 2.75) is 33.7 Å². The van der Waals surface area contributed by atoms with Gasteiger partial charge >= 0.3 is 0 Å². The van der Waals surface area contributed by atoms with Crippen LogP contribution in [0.15, 0.2) is 36.4 Å². The summed E-state index contributed by atoms with van der Waals surface area (Å²) in [6.07, 6.45) is 0. The van der Waals surface area contributed by atoms with Crippen LogP contribution in [0.2, 0.25) is 0 Å². The van der Waals surface area contributed by atoms with Crippen molar-refractivity contribution < 1.29 is 9.18 Å². The minimum absolute atomic E-state index is 0.0205. The number of rotatable bonds is 2. The smallest absolute Gasteiger partial charge is 0.232 e. The van der Waals surface area contributed by atoms with Crippen LogP contribution in [-0.4, -0.2) is 5.91 Å². The maximum atomic E-state index is 13.1. The van der Waals surface area contributed by atoms with E-state index >= 15 is 0 Å². The molecule has 2 aromatic carbocycles. The Balaban J connectivity index is 2.07. The third-order valence-corrected chi connectivity index (χ3v) is 4.69. The van der Waals surface area contributed by atoms with E-state index in [2.05, 4.69) is 23.6 Å². The van der Waals surface area contributed by atoms with Crippen molar-refractivity contribution in [1.29, 1.82) is 0 Å². The molecule has 0 saturated carbocycles. The van der Waals surface area contributed by atoms with Crippen molar-refractivity contribution in [3.63, 3.8) is 0 Å². The van der Waals surface area contributed by atoms with Gasteiger partial charge in [-0.3, -0.25) is 4.79 Å². The van der Waals surface area contributed by atoms with Gasteiger partial charge in [0.25, 0.3) is 0 Å². The standard InChI is InChI=1S/C19H21FN2O/c1-11-9-15-16(10-12(11)2)22-18(23)19(3,4)17(15)21-14-7-5-13(20)6-8-14/h5-10,17,21H,1-4H3,(H,22,23). The lowest BCUT2D eigenvalue weighted by Crippen LogP contribution is -2.43. The quantitative estimate of drug-likeness (QED) is 0.852. The molecule has 1 amide bonds. The van der Waals surface area contributed by atoms with Crippen LogP contribution in [0, 0.1) is 25.1 Å². The minimum Gasteiger partial charge on any atom is -0.377 e. The molecule has 4 heteroatoms. The van der Waals surface area contributed by atoms with E-state index in [0.717, 1.165) is 22.5 Å². The van der Waals surface area contributed by atoms with E-state index in [1.165, 1.54) is 17.7 Å². The number of anilines is 2. The number of amides is 1. The molecule has 1 heterocycles. The number of hydrogen-bond acceptors (Lipinski definition) is 2. The van der Waals surface area contributed by atoms with Crippen molar-refractivity contribution >= 4 is 17.3 Å². The summed E-state index contributed by atoms with van der Waals surface area (Å²) in [5.41, 5.74) is 4.40. The largest absolute Gasteiger partial charge is 0.377 e. The van der Waals surface area contributed by atoms with Crippen LogP contribution in [0.3, 0.4) is 0 Å². The topological polar surface area (TPSA) is 41.1 Å². The fraction of sp³-hybridized carbons (Fsp3) is 0.316. The lowest BCUT2D eigenvalue weighted by atomic mass is 9.75. The van der Waals surface area contributed by atoms with E-state index in [9.17, 15) is 9.18 Å². The van der Waals surface area contributed by atoms with Crippen LogP contribution in [0.5, 0.6) is 0 Å². The van der Waals surface area contributed by atoms with Gasteiger partial charge in [0.05, 0.1) is 11.5 Å². The number of aryl methyl sites for hydroxylation is 2. The van der Waals surface area contributed by atoms with E-state index in [1.807, 2.05) is 26.8 Å². The Hall–Kier alpha value is -2.36. The zero-order valence-electron chi connectivity index (χ0n) is 13.8. The Morgan fingerprint density at radius 1 is 1.09 bits per heavy atom. The third kappa shape index (κ3) is 2.69. The molecule has 1 aliphatic rings. The first-order valence-electron chi connectivity index (χ1n) is 7.74. The summed E-state index contributed by atoms with van der Waals surface area (Å²) < 4.78 is 13.1. The normalized spacial score (nSPS) is 19.0. The van der Waals surface area contributed by atoms with Crippen molar-refractivity contribution in [3.8, 4) is 0 Å². The molecule has 2 N–H and O–H groups in total. The number of hydrogen-bond donors (Lipinski definition) is 2. The number of benzene rings is 2. The van der Waals surface area contributed by atoms with Gasteiger partial charge in [-0.2, -0.15) is 0 Å². The number of nitrogens with one attached hydrogen (secondary N) is 2. The maximum absolute atomic E-state index is 13.1. The molecule has 0 aromatic heterocycles. The Kier molecular flexibility index (Phi) is 3.63. The van der Waals surface area contributed by atoms with Gasteiger partial charge in [-0.25, -0.2) is 4.39 Å². The molecule has 0 bridgehead atoms. The maximum Gasteiger partial charge on any atom is 0.232 e. The summed E-state index contributed by atoms with van der Waals surface area (Å²) >= 11 is 0. The third-order valence-electron chi connectivity index (χ3n) is 4.69. The number of halogens is 1. The molecule has 23 heavy (non-hydrogen) atoms. The SMILES string of the molecule is Cc1cc2c(cc1C)C(Nc1ccc(F)cc1)C(C)(C)C(=O)N2. The van der Waals surface area contributed by atoms with Gasteiger partial charge in [-0.1, -0.05) is 6.07 Å². The van der Waals surface area contributed by atoms with Gasteiger partial charge < -0.3 is 10.6 Å². The van der Waals surface area contributed by atoms with Crippen molar-refractivity contribution in [2.24, 2.45) is 5.41 Å². The molecule has 1 unspecified atom stereocenters. The summed E-state index contributed by atoms with van der Waals surface area (Å²) in [7, 11) is 0. The van der Waals surface area contributed by atoms with Crippen molar-refractivity contribution in [3.05, 3.63) is 58.9 Å². The zero-order valence-corrected chi connectivity index (χ0v) is 13.8. The first kappa shape index (κ1) is 15.5. The number of carbonyl (C=O) groups is 1. The highest BCUT2D eigenvalue weighted by Gasteiger charge is 2.43. The summed E-state index contributed by atoms with van der Waals surface area (Å²) in [6, 6.07) is 10.2. The van der Waals surface area contributed by atoms with Crippen LogP contribution in [0.1, 0.15) is 36.6 Å². The molecule has 1 atom stereocenters. The Morgan fingerprint density at radius 3 is 2.35 bits per heavy atom. The minimum atomic E-state index is -0.622. The second-order valence-electron chi connectivity index (χ2n) is 6.78. The van der Waals surface area contributed by atoms with Crippen LogP contribution in [-0.2, 0) is 4.79 Å². The Bertz CT molecular complexity index is 766. The molecule has 3 nitrogen and oxygen atoms in total. The Labute approximate surface area is 135 Å². The van der Waals surface area contributed by atoms with Gasteiger partial charge in [0.15, 0.2) is 0 Å². The first-order valence-corrected chi connectivity index (χ1v) is 7.74. The highest BCUT2D eigenvalue weighted by Crippen LogP contribution is 2.44. The molecular weight excluding hydrogens is 291 g/mol. The predicted molar refractivity (Wildman–Crippen MR) is 91.1 cm³/mol. The van der Waals surface area contributed by atoms with Gasteiger partial charge in [0, 0.05) is 11.4 Å². The molecule has 0 saturated heterocycles. The summed E-state index contributed by atoms with van der Waals surface area (Å²) in [6.45, 7) is 7.93. The van der Waals surface area contributed by atoms with E-state index in [1.54, 1.807) is 12.1 Å². The van der Waals surface area contributed by atoms with Crippen LogP contribution in [0.4, 0.5) is 15.8 Å². The molecule has 0 radical (unpaired) electrons.